The van der Waals surface area contributed by atoms with Crippen LogP contribution in [0.2, 0.25) is 0 Å². The van der Waals surface area contributed by atoms with E-state index in [2.05, 4.69) is 31.3 Å². The van der Waals surface area contributed by atoms with Gasteiger partial charge in [-0.15, -0.1) is 0 Å². The summed E-state index contributed by atoms with van der Waals surface area (Å²) in [6, 6.07) is 4.35. The summed E-state index contributed by atoms with van der Waals surface area (Å²) in [5, 5.41) is 3.33. The van der Waals surface area contributed by atoms with Gasteiger partial charge in [0.2, 0.25) is 0 Å². The van der Waals surface area contributed by atoms with Gasteiger partial charge in [-0.25, -0.2) is 0 Å². The molecule has 70 valence electrons. The summed E-state index contributed by atoms with van der Waals surface area (Å²) in [5.41, 5.74) is 3.92. The molecular weight excluding hydrogens is 162 g/mol. The SMILES string of the molecule is Cc1cc2c(cc1C)OCCNC2. The average Bonchev–Trinajstić information content (AvgIpc) is 2.31. The molecule has 2 heteroatoms. The van der Waals surface area contributed by atoms with Gasteiger partial charge in [-0.1, -0.05) is 6.07 Å². The van der Waals surface area contributed by atoms with Gasteiger partial charge in [0.15, 0.2) is 0 Å². The minimum atomic E-state index is 0.773. The van der Waals surface area contributed by atoms with Crippen LogP contribution in [0, 0.1) is 13.8 Å². The number of fused-ring (bicyclic) bond motifs is 1. The van der Waals surface area contributed by atoms with Crippen molar-refractivity contribution in [2.45, 2.75) is 20.4 Å². The first-order chi connectivity index (χ1) is 6.27. The summed E-state index contributed by atoms with van der Waals surface area (Å²) in [7, 11) is 0. The number of nitrogens with one attached hydrogen (secondary N) is 1. The molecule has 2 nitrogen and oxygen atoms in total. The van der Waals surface area contributed by atoms with Crippen LogP contribution in [0.25, 0.3) is 0 Å². The first-order valence-electron chi connectivity index (χ1n) is 4.71. The van der Waals surface area contributed by atoms with E-state index in [4.69, 9.17) is 4.74 Å². The molecule has 0 fully saturated rings. The van der Waals surface area contributed by atoms with Gasteiger partial charge >= 0.3 is 0 Å². The van der Waals surface area contributed by atoms with Crippen LogP contribution in [-0.2, 0) is 6.54 Å². The van der Waals surface area contributed by atoms with Crippen molar-refractivity contribution in [2.75, 3.05) is 13.2 Å². The Hall–Kier alpha value is -1.02. The minimum Gasteiger partial charge on any atom is -0.492 e. The zero-order chi connectivity index (χ0) is 9.26. The van der Waals surface area contributed by atoms with Gasteiger partial charge in [-0.3, -0.25) is 0 Å². The molecule has 0 saturated carbocycles. The van der Waals surface area contributed by atoms with E-state index in [0.29, 0.717) is 0 Å². The van der Waals surface area contributed by atoms with Crippen LogP contribution in [0.15, 0.2) is 12.1 Å². The first kappa shape index (κ1) is 8.57. The summed E-state index contributed by atoms with van der Waals surface area (Å²) in [4.78, 5) is 0. The molecule has 13 heavy (non-hydrogen) atoms. The molecule has 1 aliphatic heterocycles. The molecule has 0 spiro atoms. The first-order valence-corrected chi connectivity index (χ1v) is 4.71. The number of hydrogen-bond acceptors (Lipinski definition) is 2. The number of benzene rings is 1. The predicted molar refractivity (Wildman–Crippen MR) is 53.1 cm³/mol. The Labute approximate surface area is 78.9 Å². The summed E-state index contributed by atoms with van der Waals surface area (Å²) < 4.78 is 5.62. The number of hydrogen-bond donors (Lipinski definition) is 1. The molecule has 0 radical (unpaired) electrons. The van der Waals surface area contributed by atoms with Gasteiger partial charge in [-0.2, -0.15) is 0 Å². The second kappa shape index (κ2) is 3.38. The van der Waals surface area contributed by atoms with E-state index < -0.39 is 0 Å². The van der Waals surface area contributed by atoms with Crippen molar-refractivity contribution in [2.24, 2.45) is 0 Å². The quantitative estimate of drug-likeness (QED) is 0.652. The molecule has 0 amide bonds. The maximum absolute atomic E-state index is 5.62. The van der Waals surface area contributed by atoms with Crippen LogP contribution < -0.4 is 10.1 Å². The van der Waals surface area contributed by atoms with Gasteiger partial charge in [0.1, 0.15) is 12.4 Å². The number of ether oxygens (including phenoxy) is 1. The second-order valence-corrected chi connectivity index (χ2v) is 3.57. The fraction of sp³-hybridized carbons (Fsp3) is 0.455. The van der Waals surface area contributed by atoms with Crippen LogP contribution in [0.1, 0.15) is 16.7 Å². The van der Waals surface area contributed by atoms with E-state index in [-0.39, 0.29) is 0 Å². The van der Waals surface area contributed by atoms with Crippen molar-refractivity contribution in [1.29, 1.82) is 0 Å². The smallest absolute Gasteiger partial charge is 0.124 e. The molecule has 0 bridgehead atoms. The normalized spacial score (nSPS) is 15.8. The number of aryl methyl sites for hydroxylation is 2. The summed E-state index contributed by atoms with van der Waals surface area (Å²) in [6.45, 7) is 6.90. The minimum absolute atomic E-state index is 0.773. The van der Waals surface area contributed by atoms with E-state index in [0.717, 1.165) is 25.4 Å². The number of rotatable bonds is 0. The molecule has 0 aliphatic carbocycles. The van der Waals surface area contributed by atoms with Crippen molar-refractivity contribution in [1.82, 2.24) is 5.32 Å². The maximum Gasteiger partial charge on any atom is 0.124 e. The van der Waals surface area contributed by atoms with Crippen molar-refractivity contribution < 1.29 is 4.74 Å². The third-order valence-electron chi connectivity index (χ3n) is 2.53. The van der Waals surface area contributed by atoms with Crippen LogP contribution in [-0.4, -0.2) is 13.2 Å². The molecule has 0 saturated heterocycles. The zero-order valence-electron chi connectivity index (χ0n) is 8.18. The standard InChI is InChI=1S/C11H15NO/c1-8-5-10-7-12-3-4-13-11(10)6-9(8)2/h5-6,12H,3-4,7H2,1-2H3. The molecule has 1 heterocycles. The van der Waals surface area contributed by atoms with Gasteiger partial charge in [-0.05, 0) is 31.0 Å². The molecule has 0 atom stereocenters. The largest absolute Gasteiger partial charge is 0.492 e. The van der Waals surface area contributed by atoms with Crippen molar-refractivity contribution >= 4 is 0 Å². The Bertz CT molecular complexity index is 289. The van der Waals surface area contributed by atoms with Crippen molar-refractivity contribution in [3.05, 3.63) is 28.8 Å². The molecule has 2 rings (SSSR count). The highest BCUT2D eigenvalue weighted by Crippen LogP contribution is 2.24. The Morgan fingerprint density at radius 3 is 2.85 bits per heavy atom. The lowest BCUT2D eigenvalue weighted by atomic mass is 10.1. The van der Waals surface area contributed by atoms with Crippen molar-refractivity contribution in [3.8, 4) is 5.75 Å². The van der Waals surface area contributed by atoms with E-state index in [1.54, 1.807) is 0 Å². The lowest BCUT2D eigenvalue weighted by Gasteiger charge is -2.09. The van der Waals surface area contributed by atoms with E-state index in [9.17, 15) is 0 Å². The molecule has 0 unspecified atom stereocenters. The highest BCUT2D eigenvalue weighted by Gasteiger charge is 2.09. The van der Waals surface area contributed by atoms with Gasteiger partial charge < -0.3 is 10.1 Å². The Kier molecular flexibility index (Phi) is 2.23. The second-order valence-electron chi connectivity index (χ2n) is 3.57. The predicted octanol–water partition coefficient (Wildman–Crippen LogP) is 1.79. The molecule has 0 aromatic heterocycles. The third-order valence-corrected chi connectivity index (χ3v) is 2.53. The third kappa shape index (κ3) is 1.68. The van der Waals surface area contributed by atoms with Gasteiger partial charge in [0.05, 0.1) is 0 Å². The summed E-state index contributed by atoms with van der Waals surface area (Å²) in [6.07, 6.45) is 0. The van der Waals surface area contributed by atoms with E-state index in [1.807, 2.05) is 0 Å². The molecule has 1 aromatic rings. The molecular formula is C11H15NO. The molecule has 1 N–H and O–H groups in total. The van der Waals surface area contributed by atoms with E-state index >= 15 is 0 Å². The van der Waals surface area contributed by atoms with Gasteiger partial charge in [0, 0.05) is 18.7 Å². The highest BCUT2D eigenvalue weighted by molar-refractivity contribution is 5.42. The van der Waals surface area contributed by atoms with Gasteiger partial charge in [0.25, 0.3) is 0 Å². The Balaban J connectivity index is 2.43. The molecule has 1 aromatic carbocycles. The van der Waals surface area contributed by atoms with Crippen LogP contribution in [0.3, 0.4) is 0 Å². The molecule has 1 aliphatic rings. The topological polar surface area (TPSA) is 21.3 Å². The fourth-order valence-electron chi connectivity index (χ4n) is 1.58. The highest BCUT2D eigenvalue weighted by atomic mass is 16.5. The Morgan fingerprint density at radius 1 is 1.23 bits per heavy atom. The Morgan fingerprint density at radius 2 is 2.00 bits per heavy atom. The van der Waals surface area contributed by atoms with Crippen molar-refractivity contribution in [3.63, 3.8) is 0 Å². The van der Waals surface area contributed by atoms with Crippen LogP contribution >= 0.6 is 0 Å². The maximum atomic E-state index is 5.62. The zero-order valence-corrected chi connectivity index (χ0v) is 8.18. The van der Waals surface area contributed by atoms with E-state index in [1.165, 1.54) is 16.7 Å². The average molecular weight is 177 g/mol. The lowest BCUT2D eigenvalue weighted by Crippen LogP contribution is -2.16. The van der Waals surface area contributed by atoms with Crippen LogP contribution in [0.5, 0.6) is 5.75 Å². The summed E-state index contributed by atoms with van der Waals surface area (Å²) in [5.74, 6) is 1.05. The van der Waals surface area contributed by atoms with Crippen LogP contribution in [0.4, 0.5) is 0 Å². The summed E-state index contributed by atoms with van der Waals surface area (Å²) >= 11 is 0. The monoisotopic (exact) mass is 177 g/mol. The lowest BCUT2D eigenvalue weighted by molar-refractivity contribution is 0.325. The fourth-order valence-corrected chi connectivity index (χ4v) is 1.58.